The van der Waals surface area contributed by atoms with Gasteiger partial charge in [-0.2, -0.15) is 22.8 Å². The van der Waals surface area contributed by atoms with Gasteiger partial charge in [0.2, 0.25) is 5.95 Å². The van der Waals surface area contributed by atoms with Crippen LogP contribution in [-0.2, 0) is 6.18 Å². The zero-order valence-corrected chi connectivity index (χ0v) is 7.32. The van der Waals surface area contributed by atoms with Gasteiger partial charge in [0.25, 0.3) is 6.43 Å². The van der Waals surface area contributed by atoms with Crippen LogP contribution in [0, 0.1) is 17.3 Å². The van der Waals surface area contributed by atoms with Crippen molar-refractivity contribution in [2.24, 2.45) is 0 Å². The van der Waals surface area contributed by atoms with Crippen LogP contribution >= 0.6 is 0 Å². The summed E-state index contributed by atoms with van der Waals surface area (Å²) < 4.78 is 73.6. The third-order valence-electron chi connectivity index (χ3n) is 1.62. The fraction of sp³-hybridized carbons (Fsp3) is 0.250. The Morgan fingerprint density at radius 2 is 1.88 bits per heavy atom. The standard InChI is InChI=1S/C8H2F6N2/c9-6(10)4-1-3(2-15)5(7(11)16-4)8(12,13)14/h1,6H. The molecule has 16 heavy (non-hydrogen) atoms. The molecular formula is C8H2F6N2. The highest BCUT2D eigenvalue weighted by atomic mass is 19.4. The normalized spacial score (nSPS) is 11.6. The maximum absolute atomic E-state index is 12.8. The Kier molecular flexibility index (Phi) is 3.07. The molecule has 8 heteroatoms. The Morgan fingerprint density at radius 1 is 1.31 bits per heavy atom. The van der Waals surface area contributed by atoms with Gasteiger partial charge in [0.05, 0.1) is 11.6 Å². The van der Waals surface area contributed by atoms with Crippen LogP contribution in [0.5, 0.6) is 0 Å². The zero-order chi connectivity index (χ0) is 12.5. The largest absolute Gasteiger partial charge is 0.422 e. The molecule has 0 aliphatic rings. The van der Waals surface area contributed by atoms with Gasteiger partial charge in [-0.1, -0.05) is 0 Å². The van der Waals surface area contributed by atoms with Gasteiger partial charge in [-0.3, -0.25) is 0 Å². The summed E-state index contributed by atoms with van der Waals surface area (Å²) in [5, 5.41) is 8.32. The van der Waals surface area contributed by atoms with E-state index in [4.69, 9.17) is 5.26 Å². The molecule has 0 aromatic carbocycles. The molecule has 2 nitrogen and oxygen atoms in total. The van der Waals surface area contributed by atoms with Gasteiger partial charge < -0.3 is 0 Å². The lowest BCUT2D eigenvalue weighted by molar-refractivity contribution is -0.140. The number of halogens is 6. The summed E-state index contributed by atoms with van der Waals surface area (Å²) in [7, 11) is 0. The predicted octanol–water partition coefficient (Wildman–Crippen LogP) is 3.05. The van der Waals surface area contributed by atoms with E-state index in [2.05, 4.69) is 4.98 Å². The molecule has 0 radical (unpaired) electrons. The molecule has 0 spiro atoms. The first-order chi connectivity index (χ1) is 7.27. The van der Waals surface area contributed by atoms with Gasteiger partial charge in [0.15, 0.2) is 0 Å². The van der Waals surface area contributed by atoms with E-state index in [1.165, 1.54) is 0 Å². The first-order valence-electron chi connectivity index (χ1n) is 3.73. The number of hydrogen-bond acceptors (Lipinski definition) is 2. The average Bonchev–Trinajstić information content (AvgIpc) is 2.14. The van der Waals surface area contributed by atoms with Crippen molar-refractivity contribution in [1.82, 2.24) is 4.98 Å². The van der Waals surface area contributed by atoms with Gasteiger partial charge in [0.1, 0.15) is 11.3 Å². The van der Waals surface area contributed by atoms with Crippen molar-refractivity contribution in [3.05, 3.63) is 28.8 Å². The van der Waals surface area contributed by atoms with E-state index in [-0.39, 0.29) is 6.07 Å². The lowest BCUT2D eigenvalue weighted by Gasteiger charge is -2.10. The van der Waals surface area contributed by atoms with E-state index in [0.717, 1.165) is 6.07 Å². The second-order valence-electron chi connectivity index (χ2n) is 2.67. The molecule has 0 saturated heterocycles. The maximum Gasteiger partial charge on any atom is 0.422 e. The molecule has 0 amide bonds. The number of aromatic nitrogens is 1. The summed E-state index contributed by atoms with van der Waals surface area (Å²) >= 11 is 0. The van der Waals surface area contributed by atoms with Crippen LogP contribution in [0.2, 0.25) is 0 Å². The number of alkyl halides is 5. The SMILES string of the molecule is N#Cc1cc(C(F)F)nc(F)c1C(F)(F)F. The fourth-order valence-corrected chi connectivity index (χ4v) is 1.00. The first-order valence-corrected chi connectivity index (χ1v) is 3.73. The van der Waals surface area contributed by atoms with Crippen LogP contribution in [0.1, 0.15) is 23.2 Å². The fourth-order valence-electron chi connectivity index (χ4n) is 1.00. The summed E-state index contributed by atoms with van der Waals surface area (Å²) in [5.41, 5.74) is -4.35. The third-order valence-corrected chi connectivity index (χ3v) is 1.62. The lowest BCUT2D eigenvalue weighted by atomic mass is 10.1. The Hall–Kier alpha value is -1.78. The monoisotopic (exact) mass is 240 g/mol. The Bertz CT molecular complexity index is 445. The average molecular weight is 240 g/mol. The molecule has 1 heterocycles. The molecule has 0 fully saturated rings. The molecule has 0 aliphatic heterocycles. The summed E-state index contributed by atoms with van der Waals surface area (Å²) in [4.78, 5) is 2.46. The Balaban J connectivity index is 3.49. The molecule has 86 valence electrons. The second kappa shape index (κ2) is 4.00. The van der Waals surface area contributed by atoms with Crippen molar-refractivity contribution in [3.63, 3.8) is 0 Å². The molecule has 1 aromatic heterocycles. The topological polar surface area (TPSA) is 36.7 Å². The summed E-state index contributed by atoms with van der Waals surface area (Å²) in [6.45, 7) is 0. The number of nitrogens with zero attached hydrogens (tertiary/aromatic N) is 2. The Morgan fingerprint density at radius 3 is 2.25 bits per heavy atom. The molecule has 0 unspecified atom stereocenters. The van der Waals surface area contributed by atoms with Crippen molar-refractivity contribution < 1.29 is 26.3 Å². The van der Waals surface area contributed by atoms with E-state index in [0.29, 0.717) is 0 Å². The van der Waals surface area contributed by atoms with Crippen molar-refractivity contribution in [3.8, 4) is 6.07 Å². The molecule has 0 aliphatic carbocycles. The number of nitriles is 1. The molecule has 0 bridgehead atoms. The summed E-state index contributed by atoms with van der Waals surface area (Å²) in [6.07, 6.45) is -8.40. The smallest absolute Gasteiger partial charge is 0.218 e. The van der Waals surface area contributed by atoms with Crippen LogP contribution in [0.3, 0.4) is 0 Å². The highest BCUT2D eigenvalue weighted by Crippen LogP contribution is 2.34. The van der Waals surface area contributed by atoms with E-state index >= 15 is 0 Å². The van der Waals surface area contributed by atoms with Crippen LogP contribution in [0.15, 0.2) is 6.07 Å². The maximum atomic E-state index is 12.8. The minimum absolute atomic E-state index is 0.219. The molecule has 0 N–H and O–H groups in total. The van der Waals surface area contributed by atoms with Crippen molar-refractivity contribution in [2.75, 3.05) is 0 Å². The van der Waals surface area contributed by atoms with Crippen LogP contribution in [0.25, 0.3) is 0 Å². The van der Waals surface area contributed by atoms with Crippen LogP contribution in [0.4, 0.5) is 26.3 Å². The molecule has 1 rings (SSSR count). The Labute approximate surface area is 85.1 Å². The van der Waals surface area contributed by atoms with E-state index in [1.807, 2.05) is 0 Å². The first kappa shape index (κ1) is 12.3. The number of rotatable bonds is 1. The van der Waals surface area contributed by atoms with Crippen molar-refractivity contribution in [1.29, 1.82) is 5.26 Å². The van der Waals surface area contributed by atoms with E-state index in [1.54, 1.807) is 0 Å². The van der Waals surface area contributed by atoms with Crippen LogP contribution < -0.4 is 0 Å². The van der Waals surface area contributed by atoms with E-state index < -0.39 is 35.4 Å². The van der Waals surface area contributed by atoms with Crippen molar-refractivity contribution >= 4 is 0 Å². The second-order valence-corrected chi connectivity index (χ2v) is 2.67. The van der Waals surface area contributed by atoms with Gasteiger partial charge in [-0.25, -0.2) is 13.8 Å². The number of pyridine rings is 1. The molecule has 0 saturated carbocycles. The highest BCUT2D eigenvalue weighted by Gasteiger charge is 2.38. The molecule has 0 atom stereocenters. The van der Waals surface area contributed by atoms with Gasteiger partial charge in [-0.15, -0.1) is 0 Å². The zero-order valence-electron chi connectivity index (χ0n) is 7.32. The highest BCUT2D eigenvalue weighted by molar-refractivity contribution is 5.40. The van der Waals surface area contributed by atoms with Crippen molar-refractivity contribution in [2.45, 2.75) is 12.6 Å². The van der Waals surface area contributed by atoms with Gasteiger partial charge in [0, 0.05) is 0 Å². The third kappa shape index (κ3) is 2.24. The summed E-state index contributed by atoms with van der Waals surface area (Å²) in [6, 6.07) is 1.22. The van der Waals surface area contributed by atoms with E-state index in [9.17, 15) is 26.3 Å². The van der Waals surface area contributed by atoms with Crippen LogP contribution in [-0.4, -0.2) is 4.98 Å². The van der Waals surface area contributed by atoms with Gasteiger partial charge in [-0.05, 0) is 6.07 Å². The molecular weight excluding hydrogens is 238 g/mol. The minimum atomic E-state index is -5.15. The lowest BCUT2D eigenvalue weighted by Crippen LogP contribution is -2.14. The summed E-state index contributed by atoms with van der Waals surface area (Å²) in [5.74, 6) is -2.12. The predicted molar refractivity (Wildman–Crippen MR) is 38.9 cm³/mol. The molecule has 1 aromatic rings. The van der Waals surface area contributed by atoms with Gasteiger partial charge >= 0.3 is 6.18 Å². The minimum Gasteiger partial charge on any atom is -0.218 e. The quantitative estimate of drug-likeness (QED) is 0.558. The number of hydrogen-bond donors (Lipinski definition) is 0.